The van der Waals surface area contributed by atoms with Crippen molar-refractivity contribution < 1.29 is 28.6 Å². The fraction of sp³-hybridized carbons (Fsp3) is 0.824. The molecule has 0 aromatic heterocycles. The third-order valence-electron chi connectivity index (χ3n) is 15.7. The third kappa shape index (κ3) is 65.9. The third-order valence-corrected chi connectivity index (χ3v) is 15.7. The van der Waals surface area contributed by atoms with Gasteiger partial charge in [-0.25, -0.2) is 0 Å². The second kappa shape index (κ2) is 68.6. The van der Waals surface area contributed by atoms with Crippen LogP contribution in [0.5, 0.6) is 0 Å². The maximum atomic E-state index is 12.9. The van der Waals surface area contributed by atoms with Gasteiger partial charge in [0.15, 0.2) is 6.10 Å². The van der Waals surface area contributed by atoms with E-state index < -0.39 is 6.10 Å². The molecule has 0 saturated heterocycles. The minimum Gasteiger partial charge on any atom is -0.462 e. The minimum absolute atomic E-state index is 0.0745. The molecule has 0 aliphatic heterocycles. The fourth-order valence-corrected chi connectivity index (χ4v) is 10.4. The summed E-state index contributed by atoms with van der Waals surface area (Å²) in [6.07, 6.45) is 88.3. The highest BCUT2D eigenvalue weighted by molar-refractivity contribution is 5.71. The highest BCUT2D eigenvalue weighted by Crippen LogP contribution is 2.18. The fourth-order valence-electron chi connectivity index (χ4n) is 10.4. The maximum Gasteiger partial charge on any atom is 0.306 e. The second-order valence-corrected chi connectivity index (χ2v) is 23.8. The van der Waals surface area contributed by atoms with E-state index in [9.17, 15) is 14.4 Å². The summed E-state index contributed by atoms with van der Waals surface area (Å²) in [6.45, 7) is 6.61. The van der Waals surface area contributed by atoms with Crippen molar-refractivity contribution in [3.8, 4) is 0 Å². The van der Waals surface area contributed by atoms with Crippen LogP contribution in [0.2, 0.25) is 0 Å². The number of hydrogen-bond acceptors (Lipinski definition) is 6. The van der Waals surface area contributed by atoms with E-state index in [1.807, 2.05) is 0 Å². The molecule has 0 fully saturated rings. The van der Waals surface area contributed by atoms with Crippen molar-refractivity contribution in [1.82, 2.24) is 0 Å². The molecule has 0 amide bonds. The summed E-state index contributed by atoms with van der Waals surface area (Å²) >= 11 is 0. The highest BCUT2D eigenvalue weighted by atomic mass is 16.6. The molecule has 0 heterocycles. The molecule has 0 saturated carbocycles. The number of unbranched alkanes of at least 4 members (excludes halogenated alkanes) is 44. The van der Waals surface area contributed by atoms with Gasteiger partial charge in [-0.1, -0.05) is 313 Å². The average Bonchev–Trinajstić information content (AvgIpc) is 3.46. The number of hydrogen-bond donors (Lipinski definition) is 0. The molecular weight excluding hydrogens is 985 g/mol. The van der Waals surface area contributed by atoms with Crippen molar-refractivity contribution in [2.75, 3.05) is 13.2 Å². The van der Waals surface area contributed by atoms with Gasteiger partial charge in [-0.3, -0.25) is 14.4 Å². The van der Waals surface area contributed by atoms with Crippen LogP contribution in [0.15, 0.2) is 60.8 Å². The van der Waals surface area contributed by atoms with Crippen LogP contribution in [0.4, 0.5) is 0 Å². The van der Waals surface area contributed by atoms with E-state index in [4.69, 9.17) is 14.2 Å². The van der Waals surface area contributed by atoms with E-state index in [0.717, 1.165) is 83.5 Å². The van der Waals surface area contributed by atoms with Crippen LogP contribution in [0.1, 0.15) is 374 Å². The summed E-state index contributed by atoms with van der Waals surface area (Å²) in [6, 6.07) is 0. The molecule has 0 spiro atoms. The Morgan fingerprint density at radius 1 is 0.250 bits per heavy atom. The summed E-state index contributed by atoms with van der Waals surface area (Å²) in [7, 11) is 0. The van der Waals surface area contributed by atoms with E-state index in [-0.39, 0.29) is 31.1 Å². The SMILES string of the molecule is CCC/C=C\CCCCCCCC(=O)OCC(COC(=O)CCCCCCCCCCCCCCCC/C=C\C/C=C\C/C=C\CCCCCCC)OC(=O)CCCCCCCCCCCCC/C=C\CCCCCCCCCC. The Morgan fingerprint density at radius 2 is 0.475 bits per heavy atom. The van der Waals surface area contributed by atoms with Crippen molar-refractivity contribution in [3.63, 3.8) is 0 Å². The lowest BCUT2D eigenvalue weighted by Gasteiger charge is -2.18. The van der Waals surface area contributed by atoms with Crippen molar-refractivity contribution in [1.29, 1.82) is 0 Å². The summed E-state index contributed by atoms with van der Waals surface area (Å²) in [4.78, 5) is 38.3. The molecule has 0 aliphatic rings. The molecule has 0 aliphatic carbocycles. The van der Waals surface area contributed by atoms with Crippen molar-refractivity contribution in [2.45, 2.75) is 380 Å². The lowest BCUT2D eigenvalue weighted by molar-refractivity contribution is -0.167. The largest absolute Gasteiger partial charge is 0.462 e. The van der Waals surface area contributed by atoms with Gasteiger partial charge in [-0.05, 0) is 103 Å². The number of esters is 3. The van der Waals surface area contributed by atoms with Gasteiger partial charge in [-0.15, -0.1) is 0 Å². The van der Waals surface area contributed by atoms with E-state index in [2.05, 4.69) is 81.5 Å². The Labute approximate surface area is 498 Å². The van der Waals surface area contributed by atoms with Gasteiger partial charge in [0.05, 0.1) is 0 Å². The smallest absolute Gasteiger partial charge is 0.306 e. The number of allylic oxidation sites excluding steroid dienone is 10. The summed E-state index contributed by atoms with van der Waals surface area (Å²) < 4.78 is 16.9. The van der Waals surface area contributed by atoms with Gasteiger partial charge in [-0.2, -0.15) is 0 Å². The number of rotatable bonds is 65. The van der Waals surface area contributed by atoms with Gasteiger partial charge in [0.2, 0.25) is 0 Å². The number of ether oxygens (including phenoxy) is 3. The summed E-state index contributed by atoms with van der Waals surface area (Å²) in [5.41, 5.74) is 0. The molecule has 0 bridgehead atoms. The van der Waals surface area contributed by atoms with E-state index in [1.165, 1.54) is 250 Å². The van der Waals surface area contributed by atoms with Crippen LogP contribution in [0, 0.1) is 0 Å². The monoisotopic (exact) mass is 1120 g/mol. The first-order chi connectivity index (χ1) is 39.5. The van der Waals surface area contributed by atoms with Gasteiger partial charge in [0.25, 0.3) is 0 Å². The molecule has 466 valence electrons. The first kappa shape index (κ1) is 77.1. The van der Waals surface area contributed by atoms with Crippen LogP contribution in [-0.2, 0) is 28.6 Å². The predicted molar refractivity (Wildman–Crippen MR) is 348 cm³/mol. The van der Waals surface area contributed by atoms with Crippen molar-refractivity contribution in [3.05, 3.63) is 60.8 Å². The van der Waals surface area contributed by atoms with Crippen LogP contribution in [0.3, 0.4) is 0 Å². The average molecular weight is 1120 g/mol. The van der Waals surface area contributed by atoms with Crippen molar-refractivity contribution >= 4 is 17.9 Å². The van der Waals surface area contributed by atoms with Crippen LogP contribution < -0.4 is 0 Å². The minimum atomic E-state index is -0.778. The molecule has 0 rings (SSSR count). The number of carbonyl (C=O) groups excluding carboxylic acids is 3. The van der Waals surface area contributed by atoms with Gasteiger partial charge in [0.1, 0.15) is 13.2 Å². The Hall–Kier alpha value is -2.89. The molecule has 0 aromatic carbocycles. The van der Waals surface area contributed by atoms with Gasteiger partial charge in [0, 0.05) is 19.3 Å². The Balaban J connectivity index is 4.16. The molecule has 80 heavy (non-hydrogen) atoms. The molecule has 0 aromatic rings. The molecular formula is C74H134O6. The topological polar surface area (TPSA) is 78.9 Å². The predicted octanol–water partition coefficient (Wildman–Crippen LogP) is 24.3. The van der Waals surface area contributed by atoms with E-state index >= 15 is 0 Å². The Kier molecular flexibility index (Phi) is 66.1. The first-order valence-corrected chi connectivity index (χ1v) is 35.3. The second-order valence-electron chi connectivity index (χ2n) is 23.8. The lowest BCUT2D eigenvalue weighted by atomic mass is 10.0. The zero-order chi connectivity index (χ0) is 57.8. The zero-order valence-electron chi connectivity index (χ0n) is 53.6. The zero-order valence-corrected chi connectivity index (χ0v) is 53.6. The standard InChI is InChI=1S/C74H134O6/c1-4-7-10-13-16-19-22-24-26-28-30-32-34-35-36-37-38-39-41-42-44-46-48-50-52-55-58-61-64-67-73(76)79-70-71(69-78-72(75)66-63-60-57-54-21-18-15-12-9-6-3)80-74(77)68-65-62-59-56-53-51-49-47-45-43-40-33-31-29-27-25-23-20-17-14-11-8-5-2/h12,15,22,24,28-31,34-35,71H,4-11,13-14,16-21,23,25-27,32-33,36-70H2,1-3H3/b15-12-,24-22-,30-28-,31-29-,35-34-. The molecule has 1 atom stereocenters. The molecule has 1 unspecified atom stereocenters. The molecule has 6 nitrogen and oxygen atoms in total. The Morgan fingerprint density at radius 3 is 0.762 bits per heavy atom. The van der Waals surface area contributed by atoms with Crippen LogP contribution in [-0.4, -0.2) is 37.2 Å². The quantitative estimate of drug-likeness (QED) is 0.0261. The first-order valence-electron chi connectivity index (χ1n) is 35.3. The number of carbonyl (C=O) groups is 3. The van der Waals surface area contributed by atoms with Crippen molar-refractivity contribution in [2.24, 2.45) is 0 Å². The maximum absolute atomic E-state index is 12.9. The highest BCUT2D eigenvalue weighted by Gasteiger charge is 2.19. The molecule has 0 N–H and O–H groups in total. The summed E-state index contributed by atoms with van der Waals surface area (Å²) in [5, 5.41) is 0. The molecule has 6 heteroatoms. The van der Waals surface area contributed by atoms with Gasteiger partial charge < -0.3 is 14.2 Å². The van der Waals surface area contributed by atoms with E-state index in [0.29, 0.717) is 19.3 Å². The van der Waals surface area contributed by atoms with E-state index in [1.54, 1.807) is 0 Å². The normalized spacial score (nSPS) is 12.4. The Bertz CT molecular complexity index is 1430. The lowest BCUT2D eigenvalue weighted by Crippen LogP contribution is -2.30. The van der Waals surface area contributed by atoms with Crippen LogP contribution >= 0.6 is 0 Å². The molecule has 0 radical (unpaired) electrons. The summed E-state index contributed by atoms with van der Waals surface area (Å²) in [5.74, 6) is -0.867. The van der Waals surface area contributed by atoms with Crippen LogP contribution in [0.25, 0.3) is 0 Å². The van der Waals surface area contributed by atoms with Gasteiger partial charge >= 0.3 is 17.9 Å².